The van der Waals surface area contributed by atoms with Crippen LogP contribution in [-0.2, 0) is 13.0 Å². The molecule has 0 fully saturated rings. The molecule has 4 nitrogen and oxygen atoms in total. The van der Waals surface area contributed by atoms with Gasteiger partial charge in [-0.1, -0.05) is 59.6 Å². The summed E-state index contributed by atoms with van der Waals surface area (Å²) in [5.41, 5.74) is 5.15. The number of aromatic nitrogens is 2. The fourth-order valence-corrected chi connectivity index (χ4v) is 3.49. The minimum atomic E-state index is 0.544. The second kappa shape index (κ2) is 9.41. The Hall–Kier alpha value is -2.08. The fourth-order valence-electron chi connectivity index (χ4n) is 2.97. The van der Waals surface area contributed by atoms with Crippen molar-refractivity contribution in [3.8, 4) is 0 Å². The van der Waals surface area contributed by atoms with E-state index < -0.39 is 0 Å². The monoisotopic (exact) mass is 432 g/mol. The maximum absolute atomic E-state index is 6.12. The van der Waals surface area contributed by atoms with Crippen molar-refractivity contribution >= 4 is 46.2 Å². The van der Waals surface area contributed by atoms with E-state index >= 15 is 0 Å². The van der Waals surface area contributed by atoms with Gasteiger partial charge in [0.1, 0.15) is 0 Å². The lowest BCUT2D eigenvalue weighted by Crippen LogP contribution is -2.30. The van der Waals surface area contributed by atoms with Gasteiger partial charge in [0.05, 0.1) is 33.7 Å². The molecule has 0 aliphatic carbocycles. The maximum Gasteiger partial charge on any atom is 0.170 e. The summed E-state index contributed by atoms with van der Waals surface area (Å²) in [4.78, 5) is 0. The van der Waals surface area contributed by atoms with Gasteiger partial charge in [-0.2, -0.15) is 5.10 Å². The first-order valence-electron chi connectivity index (χ1n) is 9.00. The van der Waals surface area contributed by atoms with Gasteiger partial charge in [-0.3, -0.25) is 4.68 Å². The van der Waals surface area contributed by atoms with E-state index in [1.54, 1.807) is 6.07 Å². The minimum absolute atomic E-state index is 0.544. The van der Waals surface area contributed by atoms with Crippen LogP contribution in [0.5, 0.6) is 0 Å². The number of benzene rings is 2. The first kappa shape index (κ1) is 20.6. The van der Waals surface area contributed by atoms with Crippen LogP contribution in [-0.4, -0.2) is 21.4 Å². The summed E-state index contributed by atoms with van der Waals surface area (Å²) in [6.45, 7) is 5.37. The first-order chi connectivity index (χ1) is 13.4. The molecule has 2 N–H and O–H groups in total. The van der Waals surface area contributed by atoms with E-state index in [0.29, 0.717) is 21.7 Å². The number of nitrogens with zero attached hydrogens (tertiary/aromatic N) is 2. The van der Waals surface area contributed by atoms with Crippen LogP contribution in [0, 0.1) is 13.8 Å². The molecule has 7 heteroatoms. The third-order valence-electron chi connectivity index (χ3n) is 4.48. The van der Waals surface area contributed by atoms with E-state index in [1.807, 2.05) is 48.9 Å². The summed E-state index contributed by atoms with van der Waals surface area (Å²) in [6.07, 6.45) is 0.914. The average molecular weight is 433 g/mol. The zero-order valence-electron chi connectivity index (χ0n) is 15.8. The lowest BCUT2D eigenvalue weighted by atomic mass is 10.1. The van der Waals surface area contributed by atoms with Crippen molar-refractivity contribution in [1.29, 1.82) is 0 Å². The van der Waals surface area contributed by atoms with Crippen molar-refractivity contribution in [1.82, 2.24) is 15.1 Å². The van der Waals surface area contributed by atoms with Crippen LogP contribution in [0.1, 0.15) is 22.5 Å². The second-order valence-electron chi connectivity index (χ2n) is 6.57. The smallest absolute Gasteiger partial charge is 0.170 e. The molecule has 146 valence electrons. The molecule has 1 aromatic heterocycles. The molecule has 0 saturated heterocycles. The van der Waals surface area contributed by atoms with Gasteiger partial charge in [-0.25, -0.2) is 0 Å². The summed E-state index contributed by atoms with van der Waals surface area (Å²) in [5.74, 6) is 0. The zero-order chi connectivity index (χ0) is 20.1. The Balaban J connectivity index is 1.61. The summed E-state index contributed by atoms with van der Waals surface area (Å²) in [5, 5.41) is 12.9. The van der Waals surface area contributed by atoms with Gasteiger partial charge in [0, 0.05) is 6.54 Å². The van der Waals surface area contributed by atoms with E-state index in [4.69, 9.17) is 35.4 Å². The fraction of sp³-hybridized carbons (Fsp3) is 0.238. The van der Waals surface area contributed by atoms with Crippen molar-refractivity contribution < 1.29 is 0 Å². The molecule has 0 amide bonds. The van der Waals surface area contributed by atoms with E-state index in [2.05, 4.69) is 27.9 Å². The average Bonchev–Trinajstić information content (AvgIpc) is 2.93. The molecule has 0 atom stereocenters. The number of anilines is 1. The van der Waals surface area contributed by atoms with E-state index in [0.717, 1.165) is 35.6 Å². The molecule has 0 radical (unpaired) electrons. The maximum atomic E-state index is 6.12. The quantitative estimate of drug-likeness (QED) is 0.512. The Morgan fingerprint density at radius 1 is 1.04 bits per heavy atom. The summed E-state index contributed by atoms with van der Waals surface area (Å²) >= 11 is 17.6. The van der Waals surface area contributed by atoms with Crippen LogP contribution in [0.3, 0.4) is 0 Å². The molecule has 28 heavy (non-hydrogen) atoms. The highest BCUT2D eigenvalue weighted by Gasteiger charge is 2.13. The van der Waals surface area contributed by atoms with Gasteiger partial charge in [0.15, 0.2) is 5.11 Å². The number of hydrogen-bond acceptors (Lipinski definition) is 2. The highest BCUT2D eigenvalue weighted by molar-refractivity contribution is 7.80. The molecule has 0 bridgehead atoms. The van der Waals surface area contributed by atoms with Crippen molar-refractivity contribution in [3.63, 3.8) is 0 Å². The Bertz CT molecular complexity index is 970. The number of nitrogens with one attached hydrogen (secondary N) is 2. The third kappa shape index (κ3) is 5.25. The van der Waals surface area contributed by atoms with E-state index in [9.17, 15) is 0 Å². The zero-order valence-corrected chi connectivity index (χ0v) is 18.1. The molecule has 1 heterocycles. The Morgan fingerprint density at radius 2 is 1.79 bits per heavy atom. The predicted molar refractivity (Wildman–Crippen MR) is 122 cm³/mol. The van der Waals surface area contributed by atoms with Crippen molar-refractivity contribution in [2.24, 2.45) is 0 Å². The molecule has 0 aliphatic rings. The van der Waals surface area contributed by atoms with E-state index in [-0.39, 0.29) is 0 Å². The number of hydrogen-bond donors (Lipinski definition) is 2. The molecule has 2 aromatic carbocycles. The van der Waals surface area contributed by atoms with Crippen LogP contribution in [0.2, 0.25) is 10.0 Å². The Morgan fingerprint density at radius 3 is 2.50 bits per heavy atom. The normalized spacial score (nSPS) is 10.7. The van der Waals surface area contributed by atoms with Gasteiger partial charge in [0.25, 0.3) is 0 Å². The van der Waals surface area contributed by atoms with Crippen molar-refractivity contribution in [3.05, 3.63) is 81.1 Å². The molecular weight excluding hydrogens is 411 g/mol. The standard InChI is InChI=1S/C21H22Cl2N4S/c1-14-20(25-21(28)24-11-10-16-6-4-3-5-7-16)15(2)27(26-14)13-17-8-9-18(22)19(23)12-17/h3-9,12H,10-11,13H2,1-2H3,(H2,24,25,28). The van der Waals surface area contributed by atoms with Crippen LogP contribution < -0.4 is 10.6 Å². The lowest BCUT2D eigenvalue weighted by molar-refractivity contribution is 0.659. The largest absolute Gasteiger partial charge is 0.362 e. The summed E-state index contributed by atoms with van der Waals surface area (Å²) < 4.78 is 1.93. The number of halogens is 2. The molecular formula is C21H22Cl2N4S. The third-order valence-corrected chi connectivity index (χ3v) is 5.46. The second-order valence-corrected chi connectivity index (χ2v) is 7.79. The summed E-state index contributed by atoms with van der Waals surface area (Å²) in [6, 6.07) is 15.9. The molecule has 0 spiro atoms. The Labute approximate surface area is 180 Å². The van der Waals surface area contributed by atoms with Crippen LogP contribution >= 0.6 is 35.4 Å². The van der Waals surface area contributed by atoms with Gasteiger partial charge in [0.2, 0.25) is 0 Å². The summed E-state index contributed by atoms with van der Waals surface area (Å²) in [7, 11) is 0. The SMILES string of the molecule is Cc1nn(Cc2ccc(Cl)c(Cl)c2)c(C)c1NC(=S)NCCc1ccccc1. The first-order valence-corrected chi connectivity index (χ1v) is 10.2. The van der Waals surface area contributed by atoms with Crippen LogP contribution in [0.15, 0.2) is 48.5 Å². The van der Waals surface area contributed by atoms with Crippen molar-refractivity contribution in [2.45, 2.75) is 26.8 Å². The molecule has 0 aliphatic heterocycles. The highest BCUT2D eigenvalue weighted by atomic mass is 35.5. The van der Waals surface area contributed by atoms with Gasteiger partial charge in [-0.05, 0) is 55.7 Å². The number of aryl methyl sites for hydroxylation is 1. The number of thiocarbonyl (C=S) groups is 1. The minimum Gasteiger partial charge on any atom is -0.362 e. The topological polar surface area (TPSA) is 41.9 Å². The van der Waals surface area contributed by atoms with Gasteiger partial charge < -0.3 is 10.6 Å². The molecule has 3 rings (SSSR count). The molecule has 3 aromatic rings. The molecule has 0 saturated carbocycles. The van der Waals surface area contributed by atoms with Gasteiger partial charge >= 0.3 is 0 Å². The Kier molecular flexibility index (Phi) is 6.94. The van der Waals surface area contributed by atoms with E-state index in [1.165, 1.54) is 5.56 Å². The highest BCUT2D eigenvalue weighted by Crippen LogP contribution is 2.25. The van der Waals surface area contributed by atoms with Crippen LogP contribution in [0.4, 0.5) is 5.69 Å². The van der Waals surface area contributed by atoms with Crippen molar-refractivity contribution in [2.75, 3.05) is 11.9 Å². The predicted octanol–water partition coefficient (Wildman–Crippen LogP) is 5.38. The van der Waals surface area contributed by atoms with Crippen LogP contribution in [0.25, 0.3) is 0 Å². The molecule has 0 unspecified atom stereocenters. The number of rotatable bonds is 6. The lowest BCUT2D eigenvalue weighted by Gasteiger charge is -2.11. The van der Waals surface area contributed by atoms with Gasteiger partial charge in [-0.15, -0.1) is 0 Å².